The molecule has 2 atom stereocenters. The Morgan fingerprint density at radius 1 is 1.71 bits per heavy atom. The predicted molar refractivity (Wildman–Crippen MR) is 51.4 cm³/mol. The van der Waals surface area contributed by atoms with Crippen LogP contribution in [0.25, 0.3) is 0 Å². The van der Waals surface area contributed by atoms with Gasteiger partial charge in [-0.15, -0.1) is 0 Å². The van der Waals surface area contributed by atoms with Crippen LogP contribution in [0.3, 0.4) is 0 Å². The highest BCUT2D eigenvalue weighted by Gasteiger charge is 2.32. The van der Waals surface area contributed by atoms with Crippen molar-refractivity contribution in [1.29, 1.82) is 5.26 Å². The molecule has 4 nitrogen and oxygen atoms in total. The van der Waals surface area contributed by atoms with Crippen LogP contribution in [0.15, 0.2) is 0 Å². The second-order valence-electron chi connectivity index (χ2n) is 3.41. The van der Waals surface area contributed by atoms with Crippen LogP contribution in [0.4, 0.5) is 0 Å². The maximum absolute atomic E-state index is 11.6. The third kappa shape index (κ3) is 2.71. The standard InChI is InChI=1S/C10H16N2O2/c1-2-9-8(4-7-14-9)10(13)12-6-3-5-11/h8-9H,2-4,6-7H2,1H3,(H,12,13). The van der Waals surface area contributed by atoms with Crippen LogP contribution in [-0.4, -0.2) is 25.2 Å². The number of nitrogens with one attached hydrogen (secondary N) is 1. The third-order valence-electron chi connectivity index (χ3n) is 2.48. The van der Waals surface area contributed by atoms with Gasteiger partial charge in [0.2, 0.25) is 5.91 Å². The van der Waals surface area contributed by atoms with Gasteiger partial charge in [0.05, 0.1) is 24.5 Å². The van der Waals surface area contributed by atoms with E-state index in [0.29, 0.717) is 19.6 Å². The topological polar surface area (TPSA) is 62.1 Å². The van der Waals surface area contributed by atoms with Gasteiger partial charge in [-0.2, -0.15) is 5.26 Å². The number of ether oxygens (including phenoxy) is 1. The molecule has 0 saturated carbocycles. The Bertz CT molecular complexity index is 235. The summed E-state index contributed by atoms with van der Waals surface area (Å²) in [5, 5.41) is 11.1. The van der Waals surface area contributed by atoms with Crippen LogP contribution in [-0.2, 0) is 9.53 Å². The summed E-state index contributed by atoms with van der Waals surface area (Å²) in [4.78, 5) is 11.6. The number of nitriles is 1. The molecule has 78 valence electrons. The van der Waals surface area contributed by atoms with E-state index in [4.69, 9.17) is 10.00 Å². The van der Waals surface area contributed by atoms with Gasteiger partial charge in [-0.25, -0.2) is 0 Å². The lowest BCUT2D eigenvalue weighted by molar-refractivity contribution is -0.126. The number of nitrogens with zero attached hydrogens (tertiary/aromatic N) is 1. The summed E-state index contributed by atoms with van der Waals surface area (Å²) in [5.74, 6) is 0.0169. The van der Waals surface area contributed by atoms with Crippen molar-refractivity contribution in [2.24, 2.45) is 5.92 Å². The molecule has 0 aromatic carbocycles. The SMILES string of the molecule is CCC1OCCC1C(=O)NCCC#N. The van der Waals surface area contributed by atoms with E-state index >= 15 is 0 Å². The molecule has 0 spiro atoms. The zero-order valence-corrected chi connectivity index (χ0v) is 8.45. The normalized spacial score (nSPS) is 25.7. The first-order chi connectivity index (χ1) is 6.79. The van der Waals surface area contributed by atoms with Crippen molar-refractivity contribution in [3.05, 3.63) is 0 Å². The van der Waals surface area contributed by atoms with Gasteiger partial charge < -0.3 is 10.1 Å². The van der Waals surface area contributed by atoms with Crippen LogP contribution in [0.2, 0.25) is 0 Å². The van der Waals surface area contributed by atoms with E-state index in [2.05, 4.69) is 5.32 Å². The average molecular weight is 196 g/mol. The van der Waals surface area contributed by atoms with Crippen molar-refractivity contribution < 1.29 is 9.53 Å². The maximum Gasteiger partial charge on any atom is 0.225 e. The molecule has 0 aromatic rings. The fourth-order valence-electron chi connectivity index (χ4n) is 1.72. The van der Waals surface area contributed by atoms with E-state index in [-0.39, 0.29) is 17.9 Å². The Morgan fingerprint density at radius 3 is 3.14 bits per heavy atom. The van der Waals surface area contributed by atoms with Crippen LogP contribution in [0.1, 0.15) is 26.2 Å². The van der Waals surface area contributed by atoms with E-state index in [1.54, 1.807) is 0 Å². The van der Waals surface area contributed by atoms with Gasteiger partial charge in [0.1, 0.15) is 0 Å². The molecule has 1 heterocycles. The van der Waals surface area contributed by atoms with Crippen molar-refractivity contribution >= 4 is 5.91 Å². The lowest BCUT2D eigenvalue weighted by Gasteiger charge is -2.15. The minimum absolute atomic E-state index is 0.0151. The Kier molecular flexibility index (Phi) is 4.41. The number of rotatable bonds is 4. The molecule has 1 amide bonds. The number of carbonyl (C=O) groups excluding carboxylic acids is 1. The maximum atomic E-state index is 11.6. The molecule has 1 aliphatic heterocycles. The molecule has 1 aliphatic rings. The second kappa shape index (κ2) is 5.61. The monoisotopic (exact) mass is 196 g/mol. The molecule has 0 radical (unpaired) electrons. The van der Waals surface area contributed by atoms with Gasteiger partial charge in [0, 0.05) is 13.2 Å². The highest BCUT2D eigenvalue weighted by Crippen LogP contribution is 2.23. The van der Waals surface area contributed by atoms with Crippen LogP contribution >= 0.6 is 0 Å². The fourth-order valence-corrected chi connectivity index (χ4v) is 1.72. The zero-order chi connectivity index (χ0) is 10.4. The van der Waals surface area contributed by atoms with Crippen molar-refractivity contribution in [2.45, 2.75) is 32.3 Å². The molecule has 2 unspecified atom stereocenters. The first-order valence-corrected chi connectivity index (χ1v) is 5.05. The number of hydrogen-bond donors (Lipinski definition) is 1. The Balaban J connectivity index is 2.32. The second-order valence-corrected chi connectivity index (χ2v) is 3.41. The van der Waals surface area contributed by atoms with Gasteiger partial charge in [-0.1, -0.05) is 6.92 Å². The zero-order valence-electron chi connectivity index (χ0n) is 8.45. The molecular weight excluding hydrogens is 180 g/mol. The quantitative estimate of drug-likeness (QED) is 0.677. The smallest absolute Gasteiger partial charge is 0.225 e. The predicted octanol–water partition coefficient (Wildman–Crippen LogP) is 0.831. The lowest BCUT2D eigenvalue weighted by atomic mass is 9.99. The minimum Gasteiger partial charge on any atom is -0.377 e. The van der Waals surface area contributed by atoms with E-state index < -0.39 is 0 Å². The Labute approximate surface area is 84.2 Å². The van der Waals surface area contributed by atoms with Crippen LogP contribution in [0.5, 0.6) is 0 Å². The first-order valence-electron chi connectivity index (χ1n) is 5.05. The van der Waals surface area contributed by atoms with Gasteiger partial charge in [0.25, 0.3) is 0 Å². The van der Waals surface area contributed by atoms with E-state index in [0.717, 1.165) is 12.8 Å². The van der Waals surface area contributed by atoms with E-state index in [1.165, 1.54) is 0 Å². The van der Waals surface area contributed by atoms with Crippen molar-refractivity contribution in [3.8, 4) is 6.07 Å². The highest BCUT2D eigenvalue weighted by atomic mass is 16.5. The molecule has 4 heteroatoms. The Morgan fingerprint density at radius 2 is 2.50 bits per heavy atom. The molecule has 0 bridgehead atoms. The van der Waals surface area contributed by atoms with Gasteiger partial charge in [-0.05, 0) is 12.8 Å². The summed E-state index contributed by atoms with van der Waals surface area (Å²) in [7, 11) is 0. The summed E-state index contributed by atoms with van der Waals surface area (Å²) >= 11 is 0. The minimum atomic E-state index is -0.0151. The third-order valence-corrected chi connectivity index (χ3v) is 2.48. The van der Waals surface area contributed by atoms with Crippen molar-refractivity contribution in [1.82, 2.24) is 5.32 Å². The van der Waals surface area contributed by atoms with Gasteiger partial charge in [0.15, 0.2) is 0 Å². The first kappa shape index (κ1) is 11.0. The highest BCUT2D eigenvalue weighted by molar-refractivity contribution is 5.79. The molecular formula is C10H16N2O2. The molecule has 1 fully saturated rings. The van der Waals surface area contributed by atoms with Crippen LogP contribution in [0, 0.1) is 17.2 Å². The molecule has 14 heavy (non-hydrogen) atoms. The molecule has 1 saturated heterocycles. The number of amides is 1. The average Bonchev–Trinajstić information content (AvgIpc) is 2.65. The summed E-state index contributed by atoms with van der Waals surface area (Å²) in [6.07, 6.45) is 2.11. The van der Waals surface area contributed by atoms with E-state index in [1.807, 2.05) is 13.0 Å². The fraction of sp³-hybridized carbons (Fsp3) is 0.800. The summed E-state index contributed by atoms with van der Waals surface area (Å²) in [6.45, 7) is 3.14. The van der Waals surface area contributed by atoms with Crippen molar-refractivity contribution in [2.75, 3.05) is 13.2 Å². The molecule has 0 aliphatic carbocycles. The lowest BCUT2D eigenvalue weighted by Crippen LogP contribution is -2.35. The molecule has 0 aromatic heterocycles. The van der Waals surface area contributed by atoms with E-state index in [9.17, 15) is 4.79 Å². The summed E-state index contributed by atoms with van der Waals surface area (Å²) in [5.41, 5.74) is 0. The summed E-state index contributed by atoms with van der Waals surface area (Å²) in [6, 6.07) is 1.99. The van der Waals surface area contributed by atoms with Gasteiger partial charge >= 0.3 is 0 Å². The summed E-state index contributed by atoms with van der Waals surface area (Å²) < 4.78 is 5.42. The largest absolute Gasteiger partial charge is 0.377 e. The number of carbonyl (C=O) groups is 1. The van der Waals surface area contributed by atoms with Crippen molar-refractivity contribution in [3.63, 3.8) is 0 Å². The number of hydrogen-bond acceptors (Lipinski definition) is 3. The molecule has 1 rings (SSSR count). The molecule has 1 N–H and O–H groups in total. The van der Waals surface area contributed by atoms with Gasteiger partial charge in [-0.3, -0.25) is 4.79 Å². The Hall–Kier alpha value is -1.08. The van der Waals surface area contributed by atoms with Crippen LogP contribution < -0.4 is 5.32 Å².